The summed E-state index contributed by atoms with van der Waals surface area (Å²) in [5.41, 5.74) is 0. The number of fused-ring (bicyclic) bond motifs is 3. The van der Waals surface area contributed by atoms with Crippen molar-refractivity contribution in [3.8, 4) is 0 Å². The fourth-order valence-corrected chi connectivity index (χ4v) is 4.58. The minimum absolute atomic E-state index is 0. The van der Waals surface area contributed by atoms with Gasteiger partial charge in [0, 0.05) is 0 Å². The normalized spacial score (nSPS) is 26.9. The van der Waals surface area contributed by atoms with Crippen LogP contribution in [0, 0.1) is 5.92 Å². The maximum atomic E-state index is 2.30. The van der Waals surface area contributed by atoms with E-state index in [9.17, 15) is 0 Å². The Morgan fingerprint density at radius 2 is 1.05 bits per heavy atom. The fraction of sp³-hybridized carbons (Fsp3) is 1.00. The van der Waals surface area contributed by atoms with E-state index in [4.69, 9.17) is 0 Å². The van der Waals surface area contributed by atoms with Crippen molar-refractivity contribution < 1.29 is 21.5 Å². The van der Waals surface area contributed by atoms with Crippen LogP contribution in [0.4, 0.5) is 0 Å². The zero-order valence-electron chi connectivity index (χ0n) is 15.1. The van der Waals surface area contributed by atoms with E-state index in [0.29, 0.717) is 0 Å². The highest BCUT2D eigenvalue weighted by Crippen LogP contribution is 2.33. The Morgan fingerprint density at radius 3 is 1.50 bits per heavy atom. The van der Waals surface area contributed by atoms with Crippen LogP contribution in [0.3, 0.4) is 0 Å². The molecule has 0 radical (unpaired) electrons. The standard InChI is InChI=1S/C20H40N.BrH/c1-2-3-4-5-6-7-8-9-10-11-12-16-21-17-13-20(14-18-21)15-19-21;/h20H,2-19H2,1H3;1H/q+1;/p-1. The molecule has 3 aliphatic heterocycles. The summed E-state index contributed by atoms with van der Waals surface area (Å²) < 4.78 is 1.51. The lowest BCUT2D eigenvalue weighted by molar-refractivity contribution is -0.942. The van der Waals surface area contributed by atoms with E-state index in [2.05, 4.69) is 6.92 Å². The van der Waals surface area contributed by atoms with Crippen molar-refractivity contribution in [2.45, 2.75) is 96.8 Å². The van der Waals surface area contributed by atoms with Crippen LogP contribution in [0.2, 0.25) is 0 Å². The van der Waals surface area contributed by atoms with E-state index < -0.39 is 0 Å². The molecule has 0 aliphatic carbocycles. The van der Waals surface area contributed by atoms with E-state index >= 15 is 0 Å². The van der Waals surface area contributed by atoms with E-state index in [-0.39, 0.29) is 17.0 Å². The highest BCUT2D eigenvalue weighted by Gasteiger charge is 2.38. The molecular formula is C20H40BrN. The Balaban J connectivity index is 0.00000242. The molecule has 0 N–H and O–H groups in total. The van der Waals surface area contributed by atoms with Gasteiger partial charge in [-0.05, 0) is 38.0 Å². The number of rotatable bonds is 12. The lowest BCUT2D eigenvalue weighted by atomic mass is 9.85. The van der Waals surface area contributed by atoms with Gasteiger partial charge in [-0.3, -0.25) is 0 Å². The number of hydrogen-bond donors (Lipinski definition) is 0. The Hall–Kier alpha value is 0.440. The van der Waals surface area contributed by atoms with Gasteiger partial charge in [0.05, 0.1) is 26.2 Å². The van der Waals surface area contributed by atoms with Gasteiger partial charge in [0.1, 0.15) is 0 Å². The zero-order valence-corrected chi connectivity index (χ0v) is 16.7. The lowest BCUT2D eigenvalue weighted by Gasteiger charge is -2.49. The summed E-state index contributed by atoms with van der Waals surface area (Å²) >= 11 is 0. The topological polar surface area (TPSA) is 0 Å². The molecule has 0 spiro atoms. The van der Waals surface area contributed by atoms with Crippen molar-refractivity contribution in [3.05, 3.63) is 0 Å². The van der Waals surface area contributed by atoms with Gasteiger partial charge in [-0.25, -0.2) is 0 Å². The molecule has 22 heavy (non-hydrogen) atoms. The van der Waals surface area contributed by atoms with Gasteiger partial charge in [-0.15, -0.1) is 0 Å². The molecule has 0 aromatic heterocycles. The Bertz CT molecular complexity index is 245. The summed E-state index contributed by atoms with van der Waals surface area (Å²) in [4.78, 5) is 0. The minimum atomic E-state index is 0. The Morgan fingerprint density at radius 1 is 0.636 bits per heavy atom. The third kappa shape index (κ3) is 7.34. The van der Waals surface area contributed by atoms with E-state index in [1.165, 1.54) is 121 Å². The molecule has 0 aromatic rings. The third-order valence-electron chi connectivity index (χ3n) is 6.27. The van der Waals surface area contributed by atoms with Gasteiger partial charge in [0.25, 0.3) is 0 Å². The summed E-state index contributed by atoms with van der Waals surface area (Å²) in [6, 6.07) is 0. The van der Waals surface area contributed by atoms with E-state index in [1.807, 2.05) is 0 Å². The second-order valence-electron chi connectivity index (χ2n) is 8.00. The molecule has 0 amide bonds. The molecule has 0 atom stereocenters. The zero-order chi connectivity index (χ0) is 14.8. The molecule has 0 saturated carbocycles. The van der Waals surface area contributed by atoms with Crippen LogP contribution in [0.5, 0.6) is 0 Å². The van der Waals surface area contributed by atoms with Crippen molar-refractivity contribution in [1.29, 1.82) is 0 Å². The average Bonchev–Trinajstić information content (AvgIpc) is 2.54. The fourth-order valence-electron chi connectivity index (χ4n) is 4.58. The van der Waals surface area contributed by atoms with Crippen molar-refractivity contribution in [2.75, 3.05) is 26.2 Å². The number of halogens is 1. The SMILES string of the molecule is CCCCCCCCCCCCC[N+]12CCC(CC1)CC2.[Br-]. The van der Waals surface area contributed by atoms with Crippen molar-refractivity contribution in [2.24, 2.45) is 5.92 Å². The molecule has 0 aromatic carbocycles. The molecule has 2 bridgehead atoms. The van der Waals surface area contributed by atoms with Gasteiger partial charge in [-0.2, -0.15) is 0 Å². The molecule has 132 valence electrons. The maximum absolute atomic E-state index is 2.30. The van der Waals surface area contributed by atoms with Crippen molar-refractivity contribution in [3.63, 3.8) is 0 Å². The summed E-state index contributed by atoms with van der Waals surface area (Å²) in [7, 11) is 0. The van der Waals surface area contributed by atoms with Gasteiger partial charge >= 0.3 is 0 Å². The second-order valence-corrected chi connectivity index (χ2v) is 8.00. The maximum Gasteiger partial charge on any atom is 0.0789 e. The van der Waals surface area contributed by atoms with Crippen LogP contribution in [-0.4, -0.2) is 30.7 Å². The Labute approximate surface area is 150 Å². The van der Waals surface area contributed by atoms with Crippen LogP contribution in [0.25, 0.3) is 0 Å². The Kier molecular flexibility index (Phi) is 11.1. The molecule has 1 nitrogen and oxygen atoms in total. The largest absolute Gasteiger partial charge is 1.00 e. The molecule has 0 unspecified atom stereocenters. The molecule has 3 heterocycles. The van der Waals surface area contributed by atoms with Gasteiger partial charge in [-0.1, -0.05) is 64.7 Å². The first-order valence-electron chi connectivity index (χ1n) is 10.2. The number of nitrogens with zero attached hydrogens (tertiary/aromatic N) is 1. The number of piperidine rings is 3. The first kappa shape index (κ1) is 20.5. The smallest absolute Gasteiger partial charge is 0.0789 e. The predicted octanol–water partition coefficient (Wildman–Crippen LogP) is 2.93. The minimum Gasteiger partial charge on any atom is -1.00 e. The first-order chi connectivity index (χ1) is 10.3. The predicted molar refractivity (Wildman–Crippen MR) is 93.5 cm³/mol. The monoisotopic (exact) mass is 373 g/mol. The van der Waals surface area contributed by atoms with Gasteiger partial charge in [0.15, 0.2) is 0 Å². The third-order valence-corrected chi connectivity index (χ3v) is 6.27. The molecular weight excluding hydrogens is 334 g/mol. The van der Waals surface area contributed by atoms with Crippen LogP contribution in [0.1, 0.15) is 96.8 Å². The summed E-state index contributed by atoms with van der Waals surface area (Å²) in [5, 5.41) is 0. The van der Waals surface area contributed by atoms with Crippen molar-refractivity contribution in [1.82, 2.24) is 0 Å². The van der Waals surface area contributed by atoms with E-state index in [0.717, 1.165) is 5.92 Å². The first-order valence-corrected chi connectivity index (χ1v) is 10.2. The molecule has 2 heteroatoms. The molecule has 3 aliphatic rings. The number of quaternary nitrogens is 1. The van der Waals surface area contributed by atoms with Gasteiger partial charge < -0.3 is 21.5 Å². The molecule has 3 saturated heterocycles. The second kappa shape index (κ2) is 11.9. The van der Waals surface area contributed by atoms with Crippen molar-refractivity contribution >= 4 is 0 Å². The van der Waals surface area contributed by atoms with Gasteiger partial charge in [0.2, 0.25) is 0 Å². The number of hydrogen-bond acceptors (Lipinski definition) is 0. The summed E-state index contributed by atoms with van der Waals surface area (Å²) in [5.74, 6) is 1.11. The quantitative estimate of drug-likeness (QED) is 0.364. The molecule has 3 fully saturated rings. The highest BCUT2D eigenvalue weighted by atomic mass is 79.9. The lowest BCUT2D eigenvalue weighted by Crippen LogP contribution is -3.00. The van der Waals surface area contributed by atoms with E-state index in [1.54, 1.807) is 0 Å². The summed E-state index contributed by atoms with van der Waals surface area (Å²) in [6.45, 7) is 8.36. The number of unbranched alkanes of at least 4 members (excludes halogenated alkanes) is 10. The van der Waals surface area contributed by atoms with Crippen LogP contribution in [-0.2, 0) is 0 Å². The highest BCUT2D eigenvalue weighted by molar-refractivity contribution is 4.71. The average molecular weight is 374 g/mol. The van der Waals surface area contributed by atoms with Crippen LogP contribution in [0.15, 0.2) is 0 Å². The van der Waals surface area contributed by atoms with Crippen LogP contribution < -0.4 is 17.0 Å². The van der Waals surface area contributed by atoms with Crippen LogP contribution >= 0.6 is 0 Å². The molecule has 3 rings (SSSR count). The summed E-state index contributed by atoms with van der Waals surface area (Å²) in [6.07, 6.45) is 20.9.